The summed E-state index contributed by atoms with van der Waals surface area (Å²) in [6.45, 7) is 0. The second kappa shape index (κ2) is 14.4. The molecule has 0 bridgehead atoms. The van der Waals surface area contributed by atoms with Gasteiger partial charge in [-0.1, -0.05) is 218 Å². The Kier molecular flexibility index (Phi) is 9.20. The minimum Gasteiger partial charge on any atom is -0.210 e. The fraction of sp³-hybridized carbons (Fsp3) is 0. The highest BCUT2D eigenvalue weighted by Crippen LogP contribution is 2.21. The van der Waals surface area contributed by atoms with Crippen molar-refractivity contribution >= 4 is 67.6 Å². The first-order valence-electron chi connectivity index (χ1n) is 17.9. The molecule has 0 atom stereocenters. The summed E-state index contributed by atoms with van der Waals surface area (Å²) in [6, 6.07) is 75.2. The van der Waals surface area contributed by atoms with E-state index in [4.69, 9.17) is 11.6 Å². The van der Waals surface area contributed by atoms with Gasteiger partial charge in [0.15, 0.2) is 0 Å². The van der Waals surface area contributed by atoms with Crippen LogP contribution in [-0.2, 0) is 0 Å². The van der Waals surface area contributed by atoms with Gasteiger partial charge in [0.1, 0.15) is 12.3 Å². The number of halogens is 2. The van der Waals surface area contributed by atoms with Crippen molar-refractivity contribution < 1.29 is 4.39 Å². The van der Waals surface area contributed by atoms with Crippen LogP contribution in [0.2, 0.25) is 5.02 Å². The van der Waals surface area contributed by atoms with E-state index >= 15 is 4.39 Å². The number of rotatable bonds is 9. The SMILES string of the molecule is Fc1ccccc1[B-](c1ccccc1)(c1ccccc1)c1ccc(-c2ccc([B-](c3ccccc3)(c3ccccc3)c3ccccc3Cl)cc2)cc1. The van der Waals surface area contributed by atoms with Crippen LogP contribution in [0.25, 0.3) is 11.1 Å². The molecule has 0 nitrogen and oxygen atoms in total. The van der Waals surface area contributed by atoms with Crippen molar-refractivity contribution in [3.8, 4) is 11.1 Å². The second-order valence-corrected chi connectivity index (χ2v) is 14.1. The van der Waals surface area contributed by atoms with Gasteiger partial charge in [0.05, 0.1) is 5.82 Å². The van der Waals surface area contributed by atoms with Crippen LogP contribution < -0.4 is 43.7 Å². The van der Waals surface area contributed by atoms with Crippen LogP contribution in [0.1, 0.15) is 0 Å². The van der Waals surface area contributed by atoms with Crippen LogP contribution in [0.15, 0.2) is 218 Å². The fourth-order valence-electron chi connectivity index (χ4n) is 8.78. The molecule has 8 aromatic carbocycles. The first-order chi connectivity index (χ1) is 25.6. The van der Waals surface area contributed by atoms with Crippen LogP contribution >= 0.6 is 11.6 Å². The van der Waals surface area contributed by atoms with Gasteiger partial charge in [-0.25, -0.2) is 4.39 Å². The van der Waals surface area contributed by atoms with Crippen LogP contribution in [0.3, 0.4) is 0 Å². The Balaban J connectivity index is 1.27. The molecule has 0 aliphatic heterocycles. The van der Waals surface area contributed by atoms with Crippen LogP contribution in [0, 0.1) is 5.82 Å². The molecule has 0 aliphatic carbocycles. The van der Waals surface area contributed by atoms with Gasteiger partial charge in [-0.15, -0.1) is 0 Å². The van der Waals surface area contributed by atoms with Crippen LogP contribution in [0.5, 0.6) is 0 Å². The lowest BCUT2D eigenvalue weighted by Gasteiger charge is -2.45. The highest BCUT2D eigenvalue weighted by molar-refractivity contribution is 7.21. The molecular weight excluding hydrogens is 653 g/mol. The maximum Gasteiger partial charge on any atom is 0.111 e. The Hall–Kier alpha value is -5.89. The number of hydrogen-bond donors (Lipinski definition) is 0. The Labute approximate surface area is 311 Å². The summed E-state index contributed by atoms with van der Waals surface area (Å²) in [7, 11) is 0. The maximum atomic E-state index is 16.0. The Morgan fingerprint density at radius 1 is 0.288 bits per heavy atom. The molecule has 0 aliphatic rings. The summed E-state index contributed by atoms with van der Waals surface area (Å²) in [5, 5.41) is 0.743. The van der Waals surface area contributed by atoms with Gasteiger partial charge < -0.3 is 0 Å². The summed E-state index contributed by atoms with van der Waals surface area (Å²) in [6.07, 6.45) is -3.43. The average Bonchev–Trinajstić information content (AvgIpc) is 3.22. The summed E-state index contributed by atoms with van der Waals surface area (Å²) in [5.74, 6) is -0.212. The van der Waals surface area contributed by atoms with Gasteiger partial charge in [0.2, 0.25) is 0 Å². The molecule has 0 amide bonds. The van der Waals surface area contributed by atoms with Crippen molar-refractivity contribution in [2.75, 3.05) is 0 Å². The summed E-state index contributed by atoms with van der Waals surface area (Å²) >= 11 is 7.07. The average molecular weight is 689 g/mol. The van der Waals surface area contributed by atoms with E-state index in [-0.39, 0.29) is 5.82 Å². The lowest BCUT2D eigenvalue weighted by atomic mass is 9.13. The lowest BCUT2D eigenvalue weighted by Crippen LogP contribution is -2.75. The van der Waals surface area contributed by atoms with E-state index in [2.05, 4.69) is 146 Å². The van der Waals surface area contributed by atoms with E-state index < -0.39 is 12.3 Å². The van der Waals surface area contributed by atoms with Gasteiger partial charge in [0, 0.05) is 5.02 Å². The van der Waals surface area contributed by atoms with Crippen molar-refractivity contribution in [2.45, 2.75) is 0 Å². The topological polar surface area (TPSA) is 0 Å². The summed E-state index contributed by atoms with van der Waals surface area (Å²) in [4.78, 5) is 0. The second-order valence-electron chi connectivity index (χ2n) is 13.7. The predicted molar refractivity (Wildman–Crippen MR) is 224 cm³/mol. The molecule has 0 unspecified atom stereocenters. The first-order valence-corrected chi connectivity index (χ1v) is 18.3. The third-order valence-electron chi connectivity index (χ3n) is 11.1. The number of hydrogen-bond acceptors (Lipinski definition) is 0. The molecule has 0 saturated carbocycles. The molecule has 8 aromatic rings. The monoisotopic (exact) mass is 688 g/mol. The predicted octanol–water partition coefficient (Wildman–Crippen LogP) is 6.90. The van der Waals surface area contributed by atoms with E-state index in [1.54, 1.807) is 12.1 Å². The Morgan fingerprint density at radius 2 is 0.577 bits per heavy atom. The molecular formula is C48H36B2ClF-2. The molecule has 0 saturated heterocycles. The number of benzene rings is 8. The molecule has 0 radical (unpaired) electrons. The van der Waals surface area contributed by atoms with Crippen molar-refractivity contribution in [1.29, 1.82) is 0 Å². The molecule has 8 rings (SSSR count). The zero-order chi connectivity index (χ0) is 35.4. The zero-order valence-electron chi connectivity index (χ0n) is 28.7. The third-order valence-corrected chi connectivity index (χ3v) is 11.4. The third kappa shape index (κ3) is 5.68. The van der Waals surface area contributed by atoms with E-state index in [0.29, 0.717) is 5.46 Å². The molecule has 250 valence electrons. The zero-order valence-corrected chi connectivity index (χ0v) is 29.5. The van der Waals surface area contributed by atoms with Crippen LogP contribution in [-0.4, -0.2) is 12.3 Å². The van der Waals surface area contributed by atoms with Gasteiger partial charge in [-0.3, -0.25) is 0 Å². The standard InChI is InChI=1S/C48H36B2ClF/c51-47-27-15-13-25-45(47)49(39-17-5-1-6-18-39,40-19-7-2-8-20-40)43-33-29-37(30-34-43)38-31-35-44(36-32-38)50(41-21-9-3-10-22-41,42-23-11-4-12-24-42)46-26-14-16-28-48(46)52/h1-36H/q-2. The fourth-order valence-corrected chi connectivity index (χ4v) is 9.08. The van der Waals surface area contributed by atoms with Gasteiger partial charge in [-0.2, -0.15) is 43.7 Å². The minimum atomic E-state index is -1.83. The van der Waals surface area contributed by atoms with Crippen molar-refractivity contribution in [3.05, 3.63) is 229 Å². The Bertz CT molecular complexity index is 2150. The van der Waals surface area contributed by atoms with Crippen molar-refractivity contribution in [2.24, 2.45) is 0 Å². The molecule has 4 heteroatoms. The normalized spacial score (nSPS) is 11.7. The van der Waals surface area contributed by atoms with Gasteiger partial charge in [0.25, 0.3) is 0 Å². The van der Waals surface area contributed by atoms with Crippen molar-refractivity contribution in [1.82, 2.24) is 0 Å². The Morgan fingerprint density at radius 3 is 0.942 bits per heavy atom. The molecule has 0 fully saturated rings. The lowest BCUT2D eigenvalue weighted by molar-refractivity contribution is 0.635. The van der Waals surface area contributed by atoms with Crippen molar-refractivity contribution in [3.63, 3.8) is 0 Å². The quantitative estimate of drug-likeness (QED) is 0.145. The van der Waals surface area contributed by atoms with Gasteiger partial charge >= 0.3 is 0 Å². The van der Waals surface area contributed by atoms with Crippen LogP contribution in [0.4, 0.5) is 4.39 Å². The maximum absolute atomic E-state index is 16.0. The smallest absolute Gasteiger partial charge is 0.111 e. The highest BCUT2D eigenvalue weighted by Gasteiger charge is 2.34. The first kappa shape index (κ1) is 33.3. The van der Waals surface area contributed by atoms with E-state index in [9.17, 15) is 0 Å². The largest absolute Gasteiger partial charge is 0.210 e. The molecule has 52 heavy (non-hydrogen) atoms. The van der Waals surface area contributed by atoms with E-state index in [0.717, 1.165) is 38.0 Å². The summed E-state index contributed by atoms with van der Waals surface area (Å²) in [5.41, 5.74) is 10.7. The molecule has 0 spiro atoms. The van der Waals surface area contributed by atoms with E-state index in [1.807, 2.05) is 60.7 Å². The highest BCUT2D eigenvalue weighted by atomic mass is 35.5. The van der Waals surface area contributed by atoms with Gasteiger partial charge in [-0.05, 0) is 23.3 Å². The molecule has 0 N–H and O–H groups in total. The minimum absolute atomic E-state index is 0.212. The van der Waals surface area contributed by atoms with E-state index in [1.165, 1.54) is 16.4 Å². The molecule has 0 heterocycles. The summed E-state index contributed by atoms with van der Waals surface area (Å²) < 4.78 is 16.0. The molecule has 0 aromatic heterocycles.